The highest BCUT2D eigenvalue weighted by atomic mass is 16.5. The molecular formula is C22H22N4O4. The lowest BCUT2D eigenvalue weighted by Crippen LogP contribution is -2.31. The standard InChI is InChI=1S/C22H22N4O4/c1-30-21(28)14-23-20(27)13-16-5-9-19(10-6-16)25-22(29)18-7-3-17(4-8-18)15-26-12-2-11-24-26/h2-12H,13-15H2,1H3,(H,23,27)(H,25,29). The Morgan fingerprint density at radius 1 is 1.00 bits per heavy atom. The Kier molecular flexibility index (Phi) is 6.94. The lowest BCUT2D eigenvalue weighted by molar-refractivity contribution is -0.141. The van der Waals surface area contributed by atoms with Gasteiger partial charge in [0.1, 0.15) is 6.54 Å². The number of esters is 1. The van der Waals surface area contributed by atoms with Crippen LogP contribution in [0.15, 0.2) is 67.0 Å². The summed E-state index contributed by atoms with van der Waals surface area (Å²) in [5.41, 5.74) is 2.98. The van der Waals surface area contributed by atoms with Crippen LogP contribution >= 0.6 is 0 Å². The number of amides is 2. The third-order valence-electron chi connectivity index (χ3n) is 4.35. The molecule has 0 spiro atoms. The van der Waals surface area contributed by atoms with Crippen LogP contribution in [0.1, 0.15) is 21.5 Å². The molecule has 0 aliphatic heterocycles. The average Bonchev–Trinajstić information content (AvgIpc) is 3.27. The van der Waals surface area contributed by atoms with Crippen LogP contribution in [0.3, 0.4) is 0 Å². The summed E-state index contributed by atoms with van der Waals surface area (Å²) in [6.45, 7) is 0.480. The number of hydrogen-bond acceptors (Lipinski definition) is 5. The Morgan fingerprint density at radius 3 is 2.33 bits per heavy atom. The van der Waals surface area contributed by atoms with Gasteiger partial charge in [-0.25, -0.2) is 0 Å². The van der Waals surface area contributed by atoms with Crippen molar-refractivity contribution >= 4 is 23.5 Å². The molecule has 2 amide bonds. The lowest BCUT2D eigenvalue weighted by atomic mass is 10.1. The Hall–Kier alpha value is -3.94. The second-order valence-corrected chi connectivity index (χ2v) is 6.58. The van der Waals surface area contributed by atoms with Crippen molar-refractivity contribution in [3.63, 3.8) is 0 Å². The second-order valence-electron chi connectivity index (χ2n) is 6.58. The predicted octanol–water partition coefficient (Wildman–Crippen LogP) is 2.02. The fourth-order valence-corrected chi connectivity index (χ4v) is 2.74. The van der Waals surface area contributed by atoms with Crippen LogP contribution in [-0.2, 0) is 27.3 Å². The zero-order valence-electron chi connectivity index (χ0n) is 16.5. The smallest absolute Gasteiger partial charge is 0.325 e. The quantitative estimate of drug-likeness (QED) is 0.557. The molecule has 1 heterocycles. The number of anilines is 1. The van der Waals surface area contributed by atoms with Crippen LogP contribution in [0.25, 0.3) is 0 Å². The number of nitrogens with zero attached hydrogens (tertiary/aromatic N) is 2. The summed E-state index contributed by atoms with van der Waals surface area (Å²) < 4.78 is 6.28. The van der Waals surface area contributed by atoms with Gasteiger partial charge in [0.05, 0.1) is 20.1 Å². The average molecular weight is 406 g/mol. The second kappa shape index (κ2) is 10.0. The number of ether oxygens (including phenoxy) is 1. The number of carbonyl (C=O) groups excluding carboxylic acids is 3. The molecule has 0 bridgehead atoms. The van der Waals surface area contributed by atoms with Crippen LogP contribution in [0.4, 0.5) is 5.69 Å². The lowest BCUT2D eigenvalue weighted by Gasteiger charge is -2.08. The van der Waals surface area contributed by atoms with Gasteiger partial charge in [-0.15, -0.1) is 0 Å². The van der Waals surface area contributed by atoms with Gasteiger partial charge < -0.3 is 15.4 Å². The molecule has 0 aliphatic rings. The maximum atomic E-state index is 12.4. The van der Waals surface area contributed by atoms with E-state index in [0.29, 0.717) is 17.8 Å². The van der Waals surface area contributed by atoms with E-state index in [2.05, 4.69) is 20.5 Å². The fraction of sp³-hybridized carbons (Fsp3) is 0.182. The Balaban J connectivity index is 1.51. The van der Waals surface area contributed by atoms with Crippen molar-refractivity contribution in [2.75, 3.05) is 19.0 Å². The van der Waals surface area contributed by atoms with Gasteiger partial charge in [0.15, 0.2) is 0 Å². The number of carbonyl (C=O) groups is 3. The molecule has 0 saturated heterocycles. The van der Waals surface area contributed by atoms with E-state index in [-0.39, 0.29) is 24.8 Å². The van der Waals surface area contributed by atoms with Crippen molar-refractivity contribution in [2.45, 2.75) is 13.0 Å². The first kappa shape index (κ1) is 20.8. The minimum Gasteiger partial charge on any atom is -0.468 e. The van der Waals surface area contributed by atoms with Gasteiger partial charge in [-0.3, -0.25) is 19.1 Å². The van der Waals surface area contributed by atoms with Crippen molar-refractivity contribution in [3.8, 4) is 0 Å². The maximum Gasteiger partial charge on any atom is 0.325 e. The molecule has 3 rings (SSSR count). The van der Waals surface area contributed by atoms with Crippen LogP contribution < -0.4 is 10.6 Å². The summed E-state index contributed by atoms with van der Waals surface area (Å²) in [6, 6.07) is 16.2. The molecule has 0 aliphatic carbocycles. The van der Waals surface area contributed by atoms with Gasteiger partial charge in [-0.2, -0.15) is 5.10 Å². The van der Waals surface area contributed by atoms with Crippen LogP contribution in [0.5, 0.6) is 0 Å². The van der Waals surface area contributed by atoms with Crippen molar-refractivity contribution in [1.82, 2.24) is 15.1 Å². The number of hydrogen-bond donors (Lipinski definition) is 2. The number of rotatable bonds is 8. The molecule has 0 saturated carbocycles. The normalized spacial score (nSPS) is 10.3. The third kappa shape index (κ3) is 6.03. The summed E-state index contributed by atoms with van der Waals surface area (Å²) >= 11 is 0. The Bertz CT molecular complexity index is 997. The molecule has 0 fully saturated rings. The fourth-order valence-electron chi connectivity index (χ4n) is 2.74. The van der Waals surface area contributed by atoms with Crippen LogP contribution in [0, 0.1) is 0 Å². The highest BCUT2D eigenvalue weighted by Crippen LogP contribution is 2.13. The molecule has 0 unspecified atom stereocenters. The molecular weight excluding hydrogens is 384 g/mol. The van der Waals surface area contributed by atoms with E-state index in [4.69, 9.17) is 0 Å². The molecule has 154 valence electrons. The maximum absolute atomic E-state index is 12.4. The number of methoxy groups -OCH3 is 1. The van der Waals surface area contributed by atoms with Gasteiger partial charge in [-0.05, 0) is 41.5 Å². The largest absolute Gasteiger partial charge is 0.468 e. The minimum absolute atomic E-state index is 0.128. The highest BCUT2D eigenvalue weighted by molar-refractivity contribution is 6.04. The van der Waals surface area contributed by atoms with Gasteiger partial charge in [0, 0.05) is 23.6 Å². The molecule has 2 aromatic carbocycles. The van der Waals surface area contributed by atoms with Gasteiger partial charge in [0.25, 0.3) is 5.91 Å². The number of nitrogens with one attached hydrogen (secondary N) is 2. The van der Waals surface area contributed by atoms with Crippen molar-refractivity contribution in [1.29, 1.82) is 0 Å². The van der Waals surface area contributed by atoms with E-state index in [1.807, 2.05) is 29.1 Å². The van der Waals surface area contributed by atoms with Gasteiger partial charge >= 0.3 is 5.97 Å². The van der Waals surface area contributed by atoms with E-state index >= 15 is 0 Å². The first-order chi connectivity index (χ1) is 14.5. The van der Waals surface area contributed by atoms with E-state index in [0.717, 1.165) is 11.1 Å². The van der Waals surface area contributed by atoms with E-state index in [9.17, 15) is 14.4 Å². The molecule has 8 nitrogen and oxygen atoms in total. The van der Waals surface area contributed by atoms with Crippen molar-refractivity contribution < 1.29 is 19.1 Å². The minimum atomic E-state index is -0.504. The first-order valence-corrected chi connectivity index (χ1v) is 9.33. The molecule has 8 heteroatoms. The zero-order valence-corrected chi connectivity index (χ0v) is 16.5. The van der Waals surface area contributed by atoms with Gasteiger partial charge in [-0.1, -0.05) is 24.3 Å². The summed E-state index contributed by atoms with van der Waals surface area (Å²) in [4.78, 5) is 35.3. The zero-order chi connectivity index (χ0) is 21.3. The molecule has 30 heavy (non-hydrogen) atoms. The Morgan fingerprint density at radius 2 is 1.70 bits per heavy atom. The number of aromatic nitrogens is 2. The van der Waals surface area contributed by atoms with Gasteiger partial charge in [0.2, 0.25) is 5.91 Å². The topological polar surface area (TPSA) is 102 Å². The summed E-state index contributed by atoms with van der Waals surface area (Å²) in [7, 11) is 1.26. The summed E-state index contributed by atoms with van der Waals surface area (Å²) in [5, 5.41) is 9.48. The van der Waals surface area contributed by atoms with E-state index < -0.39 is 5.97 Å². The first-order valence-electron chi connectivity index (χ1n) is 9.33. The molecule has 0 atom stereocenters. The van der Waals surface area contributed by atoms with E-state index in [1.165, 1.54) is 7.11 Å². The highest BCUT2D eigenvalue weighted by Gasteiger charge is 2.09. The van der Waals surface area contributed by atoms with Crippen molar-refractivity contribution in [3.05, 3.63) is 83.7 Å². The Labute approximate surface area is 173 Å². The molecule has 3 aromatic rings. The number of benzene rings is 2. The molecule has 2 N–H and O–H groups in total. The molecule has 0 radical (unpaired) electrons. The molecule has 1 aromatic heterocycles. The predicted molar refractivity (Wildman–Crippen MR) is 111 cm³/mol. The monoisotopic (exact) mass is 406 g/mol. The van der Waals surface area contributed by atoms with Crippen LogP contribution in [0.2, 0.25) is 0 Å². The summed E-state index contributed by atoms with van der Waals surface area (Å²) in [5.74, 6) is -1.01. The third-order valence-corrected chi connectivity index (χ3v) is 4.35. The SMILES string of the molecule is COC(=O)CNC(=O)Cc1ccc(NC(=O)c2ccc(Cn3cccn3)cc2)cc1. The summed E-state index contributed by atoms with van der Waals surface area (Å²) in [6.07, 6.45) is 3.73. The van der Waals surface area contributed by atoms with Crippen LogP contribution in [-0.4, -0.2) is 41.2 Å². The van der Waals surface area contributed by atoms with Crippen molar-refractivity contribution in [2.24, 2.45) is 0 Å². The van der Waals surface area contributed by atoms with E-state index in [1.54, 1.807) is 42.6 Å².